The Balaban J connectivity index is 1.65. The van der Waals surface area contributed by atoms with Crippen LogP contribution in [-0.2, 0) is 11.2 Å². The Bertz CT molecular complexity index is 516. The van der Waals surface area contributed by atoms with Crippen molar-refractivity contribution in [1.82, 2.24) is 9.80 Å². The zero-order chi connectivity index (χ0) is 15.5. The van der Waals surface area contributed by atoms with Gasteiger partial charge in [0.15, 0.2) is 0 Å². The molecule has 0 aliphatic carbocycles. The van der Waals surface area contributed by atoms with Gasteiger partial charge in [-0.1, -0.05) is 12.1 Å². The number of likely N-dealkylation sites (tertiary alicyclic amines) is 2. The minimum Gasteiger partial charge on any atom is -0.339 e. The topological polar surface area (TPSA) is 23.6 Å². The number of carbonyl (C=O) groups excluding carboxylic acids is 1. The Morgan fingerprint density at radius 2 is 2.00 bits per heavy atom. The van der Waals surface area contributed by atoms with Crippen molar-refractivity contribution >= 4 is 17.7 Å². The summed E-state index contributed by atoms with van der Waals surface area (Å²) in [5, 5.41) is 0. The Morgan fingerprint density at radius 1 is 1.23 bits per heavy atom. The van der Waals surface area contributed by atoms with Gasteiger partial charge in [-0.05, 0) is 62.7 Å². The standard InChI is InChI=1S/C18H26N2OS/c1-19-11-9-17-15(13-19)4-3-10-20(17)18(21)12-14-5-7-16(22-2)8-6-14/h5-8,15,17H,3-4,9-13H2,1-2H3/t15-,17+/m1/s1. The molecule has 4 heteroatoms. The van der Waals surface area contributed by atoms with Gasteiger partial charge in [-0.2, -0.15) is 0 Å². The first-order chi connectivity index (χ1) is 10.7. The van der Waals surface area contributed by atoms with Crippen LogP contribution in [-0.4, -0.2) is 54.7 Å². The van der Waals surface area contributed by atoms with Gasteiger partial charge in [0.05, 0.1) is 6.42 Å². The van der Waals surface area contributed by atoms with E-state index < -0.39 is 0 Å². The fourth-order valence-corrected chi connectivity index (χ4v) is 4.32. The highest BCUT2D eigenvalue weighted by atomic mass is 32.2. The van der Waals surface area contributed by atoms with Crippen LogP contribution in [0.4, 0.5) is 0 Å². The van der Waals surface area contributed by atoms with Crippen molar-refractivity contribution in [3.05, 3.63) is 29.8 Å². The quantitative estimate of drug-likeness (QED) is 0.801. The molecule has 2 saturated heterocycles. The Kier molecular flexibility index (Phi) is 5.09. The normalized spacial score (nSPS) is 25.8. The molecule has 2 fully saturated rings. The number of piperidine rings is 2. The predicted octanol–water partition coefficient (Wildman–Crippen LogP) is 2.89. The minimum atomic E-state index is 0.316. The lowest BCUT2D eigenvalue weighted by atomic mass is 9.83. The summed E-state index contributed by atoms with van der Waals surface area (Å²) in [5.41, 5.74) is 1.14. The summed E-state index contributed by atoms with van der Waals surface area (Å²) in [4.78, 5) is 18.6. The van der Waals surface area contributed by atoms with Gasteiger partial charge in [-0.15, -0.1) is 11.8 Å². The fraction of sp³-hybridized carbons (Fsp3) is 0.611. The Hall–Kier alpha value is -1.00. The molecule has 0 aromatic heterocycles. The molecule has 1 aromatic rings. The van der Waals surface area contributed by atoms with Gasteiger partial charge >= 0.3 is 0 Å². The van der Waals surface area contributed by atoms with Crippen LogP contribution in [0.25, 0.3) is 0 Å². The summed E-state index contributed by atoms with van der Waals surface area (Å²) < 4.78 is 0. The highest BCUT2D eigenvalue weighted by Gasteiger charge is 2.36. The first-order valence-electron chi connectivity index (χ1n) is 8.28. The van der Waals surface area contributed by atoms with E-state index in [1.807, 2.05) is 0 Å². The molecular weight excluding hydrogens is 292 g/mol. The number of hydrogen-bond acceptors (Lipinski definition) is 3. The first kappa shape index (κ1) is 15.9. The molecule has 0 spiro atoms. The molecule has 2 aliphatic heterocycles. The van der Waals surface area contributed by atoms with Gasteiger partial charge in [0, 0.05) is 24.0 Å². The van der Waals surface area contributed by atoms with E-state index in [1.54, 1.807) is 11.8 Å². The van der Waals surface area contributed by atoms with Crippen LogP contribution in [0.5, 0.6) is 0 Å². The van der Waals surface area contributed by atoms with Gasteiger partial charge in [0.1, 0.15) is 0 Å². The van der Waals surface area contributed by atoms with Crippen molar-refractivity contribution in [3.8, 4) is 0 Å². The van der Waals surface area contributed by atoms with E-state index in [1.165, 1.54) is 11.3 Å². The number of rotatable bonds is 3. The van der Waals surface area contributed by atoms with E-state index >= 15 is 0 Å². The molecule has 0 unspecified atom stereocenters. The second kappa shape index (κ2) is 7.05. The summed E-state index contributed by atoms with van der Waals surface area (Å²) in [6.45, 7) is 3.22. The number of nitrogens with zero attached hydrogens (tertiary/aromatic N) is 2. The second-order valence-corrected chi connectivity index (χ2v) is 7.51. The third-order valence-electron chi connectivity index (χ3n) is 5.11. The van der Waals surface area contributed by atoms with Gasteiger partial charge in [0.2, 0.25) is 5.91 Å². The van der Waals surface area contributed by atoms with Crippen LogP contribution >= 0.6 is 11.8 Å². The molecule has 1 aromatic carbocycles. The highest BCUT2D eigenvalue weighted by Crippen LogP contribution is 2.30. The average molecular weight is 318 g/mol. The van der Waals surface area contributed by atoms with Gasteiger partial charge in [-0.3, -0.25) is 4.79 Å². The number of hydrogen-bond donors (Lipinski definition) is 0. The van der Waals surface area contributed by atoms with Crippen LogP contribution in [0.1, 0.15) is 24.8 Å². The molecule has 0 radical (unpaired) electrons. The van der Waals surface area contributed by atoms with Crippen molar-refractivity contribution in [3.63, 3.8) is 0 Å². The third-order valence-corrected chi connectivity index (χ3v) is 5.85. The zero-order valence-electron chi connectivity index (χ0n) is 13.6. The SMILES string of the molecule is CSc1ccc(CC(=O)N2CCC[C@@H]3CN(C)CC[C@@H]32)cc1. The molecular formula is C18H26N2OS. The minimum absolute atomic E-state index is 0.316. The lowest BCUT2D eigenvalue weighted by Gasteiger charge is -2.46. The van der Waals surface area contributed by atoms with Crippen LogP contribution in [0, 0.1) is 5.92 Å². The maximum absolute atomic E-state index is 12.8. The summed E-state index contributed by atoms with van der Waals surface area (Å²) >= 11 is 1.74. The molecule has 2 heterocycles. The number of carbonyl (C=O) groups is 1. The van der Waals surface area contributed by atoms with E-state index in [0.29, 0.717) is 24.3 Å². The lowest BCUT2D eigenvalue weighted by molar-refractivity contribution is -0.137. The Morgan fingerprint density at radius 3 is 2.73 bits per heavy atom. The molecule has 2 aliphatic rings. The molecule has 3 rings (SSSR count). The largest absolute Gasteiger partial charge is 0.339 e. The monoisotopic (exact) mass is 318 g/mol. The first-order valence-corrected chi connectivity index (χ1v) is 9.51. The van der Waals surface area contributed by atoms with Gasteiger partial charge < -0.3 is 9.80 Å². The van der Waals surface area contributed by atoms with Crippen LogP contribution in [0.2, 0.25) is 0 Å². The van der Waals surface area contributed by atoms with E-state index in [4.69, 9.17) is 0 Å². The Labute approximate surface area is 138 Å². The molecule has 22 heavy (non-hydrogen) atoms. The molecule has 120 valence electrons. The molecule has 1 amide bonds. The van der Waals surface area contributed by atoms with E-state index in [9.17, 15) is 4.79 Å². The maximum atomic E-state index is 12.8. The van der Waals surface area contributed by atoms with Crippen molar-refractivity contribution in [2.75, 3.05) is 32.9 Å². The molecule has 0 N–H and O–H groups in total. The zero-order valence-corrected chi connectivity index (χ0v) is 14.4. The number of amides is 1. The molecule has 0 bridgehead atoms. The summed E-state index contributed by atoms with van der Waals surface area (Å²) in [6.07, 6.45) is 6.20. The number of thioether (sulfide) groups is 1. The van der Waals surface area contributed by atoms with E-state index in [2.05, 4.69) is 47.4 Å². The van der Waals surface area contributed by atoms with Gasteiger partial charge in [-0.25, -0.2) is 0 Å². The van der Waals surface area contributed by atoms with Crippen molar-refractivity contribution in [1.29, 1.82) is 0 Å². The van der Waals surface area contributed by atoms with Gasteiger partial charge in [0.25, 0.3) is 0 Å². The van der Waals surface area contributed by atoms with E-state index in [0.717, 1.165) is 38.0 Å². The molecule has 0 saturated carbocycles. The average Bonchev–Trinajstić information content (AvgIpc) is 2.54. The maximum Gasteiger partial charge on any atom is 0.227 e. The van der Waals surface area contributed by atoms with Crippen molar-refractivity contribution in [2.45, 2.75) is 36.6 Å². The molecule has 3 nitrogen and oxygen atoms in total. The second-order valence-electron chi connectivity index (χ2n) is 6.63. The number of fused-ring (bicyclic) bond motifs is 1. The summed E-state index contributed by atoms with van der Waals surface area (Å²) in [7, 11) is 2.20. The van der Waals surface area contributed by atoms with Crippen LogP contribution in [0.15, 0.2) is 29.2 Å². The van der Waals surface area contributed by atoms with Crippen molar-refractivity contribution < 1.29 is 4.79 Å². The van der Waals surface area contributed by atoms with E-state index in [-0.39, 0.29) is 0 Å². The molecule has 2 atom stereocenters. The smallest absolute Gasteiger partial charge is 0.227 e. The van der Waals surface area contributed by atoms with Crippen LogP contribution in [0.3, 0.4) is 0 Å². The van der Waals surface area contributed by atoms with Crippen molar-refractivity contribution in [2.24, 2.45) is 5.92 Å². The fourth-order valence-electron chi connectivity index (χ4n) is 3.91. The predicted molar refractivity (Wildman–Crippen MR) is 92.3 cm³/mol. The summed E-state index contributed by atoms with van der Waals surface area (Å²) in [6, 6.07) is 8.89. The van der Waals surface area contributed by atoms with Crippen LogP contribution < -0.4 is 0 Å². The summed E-state index contributed by atoms with van der Waals surface area (Å²) in [5.74, 6) is 0.992. The highest BCUT2D eigenvalue weighted by molar-refractivity contribution is 7.98. The third kappa shape index (κ3) is 3.49. The number of benzene rings is 1. The lowest BCUT2D eigenvalue weighted by Crippen LogP contribution is -2.55.